The highest BCUT2D eigenvalue weighted by Crippen LogP contribution is 2.28. The fourth-order valence-electron chi connectivity index (χ4n) is 3.48. The molecule has 9 nitrogen and oxygen atoms in total. The van der Waals surface area contributed by atoms with Gasteiger partial charge in [0.1, 0.15) is 5.71 Å². The predicted molar refractivity (Wildman–Crippen MR) is 127 cm³/mol. The van der Waals surface area contributed by atoms with Crippen molar-refractivity contribution >= 4 is 29.2 Å². The monoisotopic (exact) mass is 467 g/mol. The van der Waals surface area contributed by atoms with Crippen LogP contribution in [0, 0.1) is 13.8 Å². The summed E-state index contributed by atoms with van der Waals surface area (Å²) in [5.74, 6) is -0.0868. The molecule has 2 aromatic rings. The standard InChI is InChI=1S/C25H29N3O6/c1-16-5-6-17(2)20(13-16)28-24(30)10-8-19(27-28)25(31)34-15-23(29)26-12-11-18-7-9-21(32-3)22(14-18)33-4/h5-7,9,13-14H,8,10-12,15H2,1-4H3,(H,26,29). The van der Waals surface area contributed by atoms with E-state index in [9.17, 15) is 14.4 Å². The number of carbonyl (C=O) groups excluding carboxylic acids is 3. The molecule has 3 rings (SSSR count). The number of hydrazone groups is 1. The number of aryl methyl sites for hydroxylation is 2. The van der Waals surface area contributed by atoms with Crippen molar-refractivity contribution in [3.8, 4) is 11.5 Å². The van der Waals surface area contributed by atoms with E-state index in [-0.39, 0.29) is 24.5 Å². The summed E-state index contributed by atoms with van der Waals surface area (Å²) in [5.41, 5.74) is 3.54. The highest BCUT2D eigenvalue weighted by atomic mass is 16.5. The maximum Gasteiger partial charge on any atom is 0.355 e. The second kappa shape index (κ2) is 11.3. The zero-order valence-corrected chi connectivity index (χ0v) is 19.8. The van der Waals surface area contributed by atoms with Crippen molar-refractivity contribution in [3.63, 3.8) is 0 Å². The molecule has 0 spiro atoms. The van der Waals surface area contributed by atoms with E-state index in [4.69, 9.17) is 14.2 Å². The van der Waals surface area contributed by atoms with Crippen LogP contribution in [0.15, 0.2) is 41.5 Å². The van der Waals surface area contributed by atoms with Gasteiger partial charge in [0.15, 0.2) is 18.1 Å². The summed E-state index contributed by atoms with van der Waals surface area (Å²) in [5, 5.41) is 8.18. The molecular formula is C25H29N3O6. The Morgan fingerprint density at radius 3 is 2.53 bits per heavy atom. The van der Waals surface area contributed by atoms with Crippen molar-refractivity contribution in [1.82, 2.24) is 5.32 Å². The maximum absolute atomic E-state index is 12.5. The Kier molecular flexibility index (Phi) is 8.24. The number of amides is 2. The van der Waals surface area contributed by atoms with Crippen LogP contribution in [0.25, 0.3) is 0 Å². The lowest BCUT2D eigenvalue weighted by molar-refractivity contribution is -0.142. The minimum Gasteiger partial charge on any atom is -0.493 e. The lowest BCUT2D eigenvalue weighted by Gasteiger charge is -2.24. The molecule has 9 heteroatoms. The van der Waals surface area contributed by atoms with Crippen molar-refractivity contribution in [2.75, 3.05) is 32.4 Å². The number of nitrogens with zero attached hydrogens (tertiary/aromatic N) is 2. The number of carbonyl (C=O) groups is 3. The number of hydrogen-bond donors (Lipinski definition) is 1. The van der Waals surface area contributed by atoms with Gasteiger partial charge in [-0.2, -0.15) is 10.1 Å². The van der Waals surface area contributed by atoms with Crippen LogP contribution in [0.4, 0.5) is 5.69 Å². The van der Waals surface area contributed by atoms with Crippen LogP contribution in [0.1, 0.15) is 29.5 Å². The summed E-state index contributed by atoms with van der Waals surface area (Å²) in [7, 11) is 3.13. The average Bonchev–Trinajstić information content (AvgIpc) is 2.84. The Morgan fingerprint density at radius 2 is 1.79 bits per heavy atom. The molecule has 0 aromatic heterocycles. The zero-order valence-electron chi connectivity index (χ0n) is 19.8. The summed E-state index contributed by atoms with van der Waals surface area (Å²) in [6, 6.07) is 11.2. The molecule has 0 aliphatic carbocycles. The van der Waals surface area contributed by atoms with Gasteiger partial charge in [-0.15, -0.1) is 0 Å². The molecule has 1 aliphatic rings. The van der Waals surface area contributed by atoms with Crippen LogP contribution in [0.3, 0.4) is 0 Å². The molecule has 1 heterocycles. The Bertz CT molecular complexity index is 1110. The lowest BCUT2D eigenvalue weighted by atomic mass is 10.1. The Hall–Kier alpha value is -3.88. The smallest absolute Gasteiger partial charge is 0.355 e. The van der Waals surface area contributed by atoms with Crippen molar-refractivity contribution < 1.29 is 28.6 Å². The topological polar surface area (TPSA) is 107 Å². The molecule has 1 aliphatic heterocycles. The molecule has 0 fully saturated rings. The molecular weight excluding hydrogens is 438 g/mol. The third-order valence-corrected chi connectivity index (χ3v) is 5.38. The van der Waals surface area contributed by atoms with Crippen molar-refractivity contribution in [3.05, 3.63) is 53.1 Å². The Balaban J connectivity index is 1.52. The summed E-state index contributed by atoms with van der Waals surface area (Å²) >= 11 is 0. The molecule has 0 radical (unpaired) electrons. The first-order valence-electron chi connectivity index (χ1n) is 10.9. The second-order valence-electron chi connectivity index (χ2n) is 7.91. The largest absolute Gasteiger partial charge is 0.493 e. The normalized spacial score (nSPS) is 13.2. The van der Waals surface area contributed by atoms with E-state index in [2.05, 4.69) is 10.4 Å². The first-order valence-corrected chi connectivity index (χ1v) is 10.9. The van der Waals surface area contributed by atoms with E-state index in [1.165, 1.54) is 5.01 Å². The van der Waals surface area contributed by atoms with Gasteiger partial charge in [-0.05, 0) is 55.2 Å². The van der Waals surface area contributed by atoms with Gasteiger partial charge in [0.2, 0.25) is 5.91 Å². The van der Waals surface area contributed by atoms with Gasteiger partial charge in [-0.1, -0.05) is 18.2 Å². The quantitative estimate of drug-likeness (QED) is 0.569. The summed E-state index contributed by atoms with van der Waals surface area (Å²) in [6.07, 6.45) is 0.873. The Morgan fingerprint density at radius 1 is 1.03 bits per heavy atom. The molecule has 0 unspecified atom stereocenters. The second-order valence-corrected chi connectivity index (χ2v) is 7.91. The molecule has 180 valence electrons. The number of esters is 1. The van der Waals surface area contributed by atoms with Gasteiger partial charge in [0.25, 0.3) is 5.91 Å². The first-order chi connectivity index (χ1) is 16.3. The highest BCUT2D eigenvalue weighted by Gasteiger charge is 2.27. The van der Waals surface area contributed by atoms with Crippen molar-refractivity contribution in [2.24, 2.45) is 5.10 Å². The third-order valence-electron chi connectivity index (χ3n) is 5.38. The van der Waals surface area contributed by atoms with E-state index in [1.54, 1.807) is 20.3 Å². The SMILES string of the molecule is COc1ccc(CCNC(=O)COC(=O)C2=NN(c3cc(C)ccc3C)C(=O)CC2)cc1OC. The lowest BCUT2D eigenvalue weighted by Crippen LogP contribution is -2.37. The number of ether oxygens (including phenoxy) is 3. The molecule has 0 saturated carbocycles. The number of anilines is 1. The van der Waals surface area contributed by atoms with E-state index < -0.39 is 18.5 Å². The number of nitrogens with one attached hydrogen (secondary N) is 1. The number of methoxy groups -OCH3 is 2. The van der Waals surface area contributed by atoms with Gasteiger partial charge in [-0.3, -0.25) is 9.59 Å². The molecule has 0 bridgehead atoms. The van der Waals surface area contributed by atoms with Crippen LogP contribution in [0.5, 0.6) is 11.5 Å². The van der Waals surface area contributed by atoms with E-state index >= 15 is 0 Å². The minimum atomic E-state index is -0.710. The first kappa shape index (κ1) is 24.8. The van der Waals surface area contributed by atoms with Crippen molar-refractivity contribution in [1.29, 1.82) is 0 Å². The molecule has 1 N–H and O–H groups in total. The van der Waals surface area contributed by atoms with Crippen LogP contribution in [-0.4, -0.2) is 50.9 Å². The molecule has 34 heavy (non-hydrogen) atoms. The van der Waals surface area contributed by atoms with E-state index in [1.807, 2.05) is 44.2 Å². The fourth-order valence-corrected chi connectivity index (χ4v) is 3.48. The zero-order chi connectivity index (χ0) is 24.7. The third kappa shape index (κ3) is 6.12. The Labute approximate surface area is 198 Å². The van der Waals surface area contributed by atoms with Gasteiger partial charge >= 0.3 is 5.97 Å². The van der Waals surface area contributed by atoms with Gasteiger partial charge in [-0.25, -0.2) is 4.79 Å². The summed E-state index contributed by atoms with van der Waals surface area (Å²) in [6.45, 7) is 3.72. The summed E-state index contributed by atoms with van der Waals surface area (Å²) < 4.78 is 15.6. The molecule has 2 aromatic carbocycles. The van der Waals surface area contributed by atoms with Gasteiger partial charge < -0.3 is 19.5 Å². The van der Waals surface area contributed by atoms with E-state index in [0.29, 0.717) is 30.2 Å². The van der Waals surface area contributed by atoms with Crippen LogP contribution in [-0.2, 0) is 25.5 Å². The summed E-state index contributed by atoms with van der Waals surface area (Å²) in [4.78, 5) is 37.0. The van der Waals surface area contributed by atoms with Crippen LogP contribution < -0.4 is 19.8 Å². The minimum absolute atomic E-state index is 0.110. The van der Waals surface area contributed by atoms with Crippen LogP contribution >= 0.6 is 0 Å². The number of rotatable bonds is 9. The fraction of sp³-hybridized carbons (Fsp3) is 0.360. The van der Waals surface area contributed by atoms with E-state index in [0.717, 1.165) is 16.7 Å². The number of hydrogen-bond acceptors (Lipinski definition) is 7. The van der Waals surface area contributed by atoms with Crippen LogP contribution in [0.2, 0.25) is 0 Å². The van der Waals surface area contributed by atoms with Crippen molar-refractivity contribution in [2.45, 2.75) is 33.1 Å². The molecule has 2 amide bonds. The van der Waals surface area contributed by atoms with Gasteiger partial charge in [0.05, 0.1) is 19.9 Å². The molecule has 0 saturated heterocycles. The van der Waals surface area contributed by atoms with Gasteiger partial charge in [0, 0.05) is 19.4 Å². The number of benzene rings is 2. The predicted octanol–water partition coefficient (Wildman–Crippen LogP) is 2.71. The molecule has 0 atom stereocenters. The average molecular weight is 468 g/mol. The maximum atomic E-state index is 12.5. The highest BCUT2D eigenvalue weighted by molar-refractivity contribution is 6.38.